The normalized spacial score (nSPS) is 10.0. The van der Waals surface area contributed by atoms with E-state index in [1.807, 2.05) is 0 Å². The Balaban J connectivity index is -0.000000411. The summed E-state index contributed by atoms with van der Waals surface area (Å²) in [7, 11) is 0. The molecule has 27 heavy (non-hydrogen) atoms. The Hall–Kier alpha value is 1.60. The van der Waals surface area contributed by atoms with Gasteiger partial charge in [0, 0.05) is 0 Å². The third-order valence-electron chi connectivity index (χ3n) is 6.62. The van der Waals surface area contributed by atoms with Crippen LogP contribution in [0, 0.1) is 0 Å². The summed E-state index contributed by atoms with van der Waals surface area (Å²) < 4.78 is 0. The molecule has 0 N–H and O–H groups in total. The van der Waals surface area contributed by atoms with Crippen LogP contribution in [0.15, 0.2) is 0 Å². The average molecular weight is 508 g/mol. The van der Waals surface area contributed by atoms with Gasteiger partial charge in [-0.25, -0.2) is 0 Å². The molecule has 0 bridgehead atoms. The molecule has 0 unspecified atom stereocenters. The number of hydrogen-bond donors (Lipinski definition) is 0. The molecule has 0 saturated carbocycles. The topological polar surface area (TPSA) is 0 Å². The van der Waals surface area contributed by atoms with E-state index in [0.717, 1.165) is 0 Å². The van der Waals surface area contributed by atoms with Crippen LogP contribution in [0.4, 0.5) is 0 Å². The number of rotatable bonds is 18. The predicted octanol–water partition coefficient (Wildman–Crippen LogP) is 10.6. The van der Waals surface area contributed by atoms with Crippen molar-refractivity contribution in [3.63, 3.8) is 0 Å². The maximum Gasteiger partial charge on any atom is -0.197 e. The maximum absolute atomic E-state index is 2.34. The van der Waals surface area contributed by atoms with E-state index in [2.05, 4.69) is 41.5 Å². The number of unbranched alkanes of at least 4 members (excludes halogenated alkanes) is 6. The largest absolute Gasteiger partial charge is 0.197 e. The van der Waals surface area contributed by atoms with Crippen molar-refractivity contribution in [3.8, 4) is 0 Å². The van der Waals surface area contributed by atoms with E-state index in [0.29, 0.717) is 0 Å². The van der Waals surface area contributed by atoms with E-state index >= 15 is 0 Å². The fourth-order valence-electron chi connectivity index (χ4n) is 4.68. The first kappa shape index (κ1) is 33.2. The molecule has 0 atom stereocenters. The van der Waals surface area contributed by atoms with Gasteiger partial charge in [-0.2, -0.15) is 13.5 Å². The van der Waals surface area contributed by atoms with Gasteiger partial charge < -0.3 is 0 Å². The van der Waals surface area contributed by atoms with E-state index in [-0.39, 0.29) is 13.5 Å². The van der Waals surface area contributed by atoms with Crippen LogP contribution in [0.1, 0.15) is 119 Å². The zero-order valence-electron chi connectivity index (χ0n) is 20.6. The summed E-state index contributed by atoms with van der Waals surface area (Å²) >= 11 is -1.90. The third kappa shape index (κ3) is 27.6. The quantitative estimate of drug-likeness (QED) is 0.162. The Kier molecular flexibility index (Phi) is 36.7. The van der Waals surface area contributed by atoms with Crippen molar-refractivity contribution < 1.29 is 31.9 Å². The molecule has 0 spiro atoms. The van der Waals surface area contributed by atoms with Crippen LogP contribution in [-0.2, 0) is 31.9 Å². The first-order chi connectivity index (χ1) is 12.7. The average Bonchev–Trinajstić information content (AvgIpc) is 2.67. The van der Waals surface area contributed by atoms with E-state index in [1.54, 1.807) is 30.1 Å². The molecule has 0 nitrogen and oxygen atoms in total. The van der Waals surface area contributed by atoms with E-state index in [4.69, 9.17) is 0 Å². The first-order valence-electron chi connectivity index (χ1n) is 13.2. The second kappa shape index (κ2) is 29.8. The van der Waals surface area contributed by atoms with Gasteiger partial charge in [0.2, 0.25) is 0 Å². The minimum absolute atomic E-state index is 0. The maximum atomic E-state index is 2.34. The second-order valence-electron chi connectivity index (χ2n) is 9.36. The van der Waals surface area contributed by atoms with E-state index in [1.165, 1.54) is 77.0 Å². The van der Waals surface area contributed by atoms with Gasteiger partial charge in [0.05, 0.1) is 0 Å². The Morgan fingerprint density at radius 2 is 0.481 bits per heavy atom. The summed E-state index contributed by atoms with van der Waals surface area (Å²) in [6.45, 7) is 14.0. The molecular weight excluding hydrogens is 451 g/mol. The van der Waals surface area contributed by atoms with Crippen molar-refractivity contribution in [1.82, 2.24) is 0 Å². The Morgan fingerprint density at radius 3 is 0.593 bits per heavy atom. The molecule has 0 aromatic rings. The van der Waals surface area contributed by atoms with Gasteiger partial charge in [-0.05, 0) is 0 Å². The molecule has 0 aromatic carbocycles. The van der Waals surface area contributed by atoms with Gasteiger partial charge in [0.1, 0.15) is 0 Å². The Bertz CT molecular complexity index is 174. The molecule has 0 aliphatic rings. The van der Waals surface area contributed by atoms with Gasteiger partial charge in [0.25, 0.3) is 0 Å². The standard InChI is InChI=1S/6C4H9.H2S.2Zn/c6*1-3-4-2;;;/h6*1,3-4H2,2H3;1H2;;. The van der Waals surface area contributed by atoms with Gasteiger partial charge in [0.15, 0.2) is 0 Å². The summed E-state index contributed by atoms with van der Waals surface area (Å²) in [5.74, 6) is 0. The molecule has 0 amide bonds. The molecule has 0 heterocycles. The summed E-state index contributed by atoms with van der Waals surface area (Å²) in [4.78, 5) is 0. The van der Waals surface area contributed by atoms with Crippen molar-refractivity contribution >= 4 is 13.5 Å². The molecule has 162 valence electrons. The fourth-order valence-corrected chi connectivity index (χ4v) is 24.3. The van der Waals surface area contributed by atoms with Crippen LogP contribution < -0.4 is 0 Å². The summed E-state index contributed by atoms with van der Waals surface area (Å²) in [5, 5.41) is 10.1. The molecule has 0 aliphatic carbocycles. The van der Waals surface area contributed by atoms with Crippen LogP contribution in [0.2, 0.25) is 30.1 Å². The SMILES string of the molecule is CCC[CH2][Zn]([CH2]CCC)[CH2]CCC.CCC[CH2][Zn]([CH2]CCC)[CH2]CCC.S. The molecule has 0 radical (unpaired) electrons. The van der Waals surface area contributed by atoms with Gasteiger partial charge in [-0.3, -0.25) is 0 Å². The monoisotopic (exact) mass is 504 g/mol. The Labute approximate surface area is 193 Å². The van der Waals surface area contributed by atoms with Crippen LogP contribution in [0.5, 0.6) is 0 Å². The fraction of sp³-hybridized carbons (Fsp3) is 1.00. The summed E-state index contributed by atoms with van der Waals surface area (Å²) in [6.07, 6.45) is 17.7. The minimum atomic E-state index is -0.951. The summed E-state index contributed by atoms with van der Waals surface area (Å²) in [5.41, 5.74) is 0. The van der Waals surface area contributed by atoms with Crippen molar-refractivity contribution in [2.45, 2.75) is 149 Å². The number of hydrogen-bond acceptors (Lipinski definition) is 0. The first-order valence-corrected chi connectivity index (χ1v) is 25.8. The van der Waals surface area contributed by atoms with Crippen LogP contribution in [-0.4, -0.2) is 0 Å². The molecular formula is C24H56SZn2. The smallest absolute Gasteiger partial charge is 0.197 e. The van der Waals surface area contributed by atoms with Crippen LogP contribution in [0.25, 0.3) is 0 Å². The third-order valence-corrected chi connectivity index (χ3v) is 25.5. The molecule has 3 heteroatoms. The Morgan fingerprint density at radius 1 is 0.333 bits per heavy atom. The molecule has 0 aliphatic heterocycles. The van der Waals surface area contributed by atoms with Gasteiger partial charge in [-0.15, -0.1) is 0 Å². The molecule has 0 rings (SSSR count). The molecule has 0 fully saturated rings. The van der Waals surface area contributed by atoms with Gasteiger partial charge >= 0.3 is 181 Å². The minimum Gasteiger partial charge on any atom is -0.197 e. The van der Waals surface area contributed by atoms with E-state index in [9.17, 15) is 0 Å². The van der Waals surface area contributed by atoms with Crippen molar-refractivity contribution in [1.29, 1.82) is 0 Å². The molecule has 0 saturated heterocycles. The zero-order chi connectivity index (χ0) is 19.9. The van der Waals surface area contributed by atoms with Crippen molar-refractivity contribution in [2.75, 3.05) is 0 Å². The second-order valence-corrected chi connectivity index (χ2v) is 27.2. The summed E-state index contributed by atoms with van der Waals surface area (Å²) in [6, 6.07) is 0. The van der Waals surface area contributed by atoms with Gasteiger partial charge in [-0.1, -0.05) is 0 Å². The van der Waals surface area contributed by atoms with Crippen molar-refractivity contribution in [2.24, 2.45) is 0 Å². The van der Waals surface area contributed by atoms with Crippen LogP contribution in [0.3, 0.4) is 0 Å². The zero-order valence-corrected chi connectivity index (χ0v) is 27.6. The van der Waals surface area contributed by atoms with Crippen molar-refractivity contribution in [3.05, 3.63) is 0 Å². The van der Waals surface area contributed by atoms with Crippen LogP contribution >= 0.6 is 13.5 Å². The van der Waals surface area contributed by atoms with E-state index < -0.39 is 31.9 Å². The predicted molar refractivity (Wildman–Crippen MR) is 129 cm³/mol. The molecule has 0 aromatic heterocycles.